The number of carbonyl (C=O) groups is 2. The number of carbonyl (C=O) groups excluding carboxylic acids is 1. The maximum atomic E-state index is 12.7. The smallest absolute Gasteiger partial charge is 0.307 e. The summed E-state index contributed by atoms with van der Waals surface area (Å²) in [4.78, 5) is 26.0. The zero-order chi connectivity index (χ0) is 14.0. The fourth-order valence-corrected chi connectivity index (χ4v) is 3.65. The Hall–Kier alpha value is -1.06. The highest BCUT2D eigenvalue weighted by atomic mass is 16.4. The van der Waals surface area contributed by atoms with E-state index in [-0.39, 0.29) is 17.9 Å². The van der Waals surface area contributed by atoms with Crippen LogP contribution < -0.4 is 0 Å². The number of amides is 1. The summed E-state index contributed by atoms with van der Waals surface area (Å²) in [7, 11) is 0. The molecule has 1 saturated heterocycles. The number of nitrogens with zero attached hydrogens (tertiary/aromatic N) is 1. The Morgan fingerprint density at radius 1 is 1.05 bits per heavy atom. The lowest BCUT2D eigenvalue weighted by atomic mass is 9.94. The van der Waals surface area contributed by atoms with Crippen molar-refractivity contribution in [1.29, 1.82) is 0 Å². The summed E-state index contributed by atoms with van der Waals surface area (Å²) in [6, 6.07) is 0.264. The summed E-state index contributed by atoms with van der Waals surface area (Å²) in [6.07, 6.45) is 5.83. The van der Waals surface area contributed by atoms with E-state index >= 15 is 0 Å². The fourth-order valence-electron chi connectivity index (χ4n) is 3.65. The highest BCUT2D eigenvalue weighted by Gasteiger charge is 2.43. The number of likely N-dealkylation sites (tertiary alicyclic amines) is 1. The molecule has 4 heteroatoms. The highest BCUT2D eigenvalue weighted by molar-refractivity contribution is 5.85. The molecule has 0 bridgehead atoms. The third-order valence-corrected chi connectivity index (χ3v) is 4.77. The van der Waals surface area contributed by atoms with E-state index in [1.165, 1.54) is 12.8 Å². The second kappa shape index (κ2) is 5.93. The molecule has 0 aromatic rings. The molecule has 1 saturated carbocycles. The molecular weight excluding hydrogens is 242 g/mol. The van der Waals surface area contributed by atoms with Gasteiger partial charge in [-0.05, 0) is 38.5 Å². The summed E-state index contributed by atoms with van der Waals surface area (Å²) < 4.78 is 0. The van der Waals surface area contributed by atoms with Gasteiger partial charge in [0.2, 0.25) is 5.91 Å². The van der Waals surface area contributed by atoms with Crippen molar-refractivity contribution in [3.8, 4) is 0 Å². The lowest BCUT2D eigenvalue weighted by Crippen LogP contribution is -2.43. The Morgan fingerprint density at radius 3 is 2.42 bits per heavy atom. The van der Waals surface area contributed by atoms with E-state index < -0.39 is 11.9 Å². The summed E-state index contributed by atoms with van der Waals surface area (Å²) in [5.41, 5.74) is 0. The van der Waals surface area contributed by atoms with Crippen LogP contribution >= 0.6 is 0 Å². The van der Waals surface area contributed by atoms with Crippen molar-refractivity contribution in [2.24, 2.45) is 17.8 Å². The normalized spacial score (nSPS) is 36.0. The van der Waals surface area contributed by atoms with Crippen molar-refractivity contribution in [3.63, 3.8) is 0 Å². The molecule has 1 aliphatic carbocycles. The first-order valence-corrected chi connectivity index (χ1v) is 7.54. The highest BCUT2D eigenvalue weighted by Crippen LogP contribution is 2.38. The SMILES string of the molecule is CC1C[C@H](C(=O)N2CCCCCC2C)[C@H](C(=O)O)C1. The molecule has 1 N–H and O–H groups in total. The number of hydrogen-bond acceptors (Lipinski definition) is 2. The number of rotatable bonds is 2. The first kappa shape index (κ1) is 14.4. The van der Waals surface area contributed by atoms with Crippen LogP contribution in [-0.4, -0.2) is 34.5 Å². The molecule has 2 unspecified atom stereocenters. The second-order valence-electron chi connectivity index (χ2n) is 6.36. The van der Waals surface area contributed by atoms with Crippen LogP contribution in [0.3, 0.4) is 0 Å². The predicted octanol–water partition coefficient (Wildman–Crippen LogP) is 2.52. The van der Waals surface area contributed by atoms with Crippen LogP contribution in [0.4, 0.5) is 0 Å². The van der Waals surface area contributed by atoms with Crippen molar-refractivity contribution in [1.82, 2.24) is 4.90 Å². The van der Waals surface area contributed by atoms with E-state index in [1.807, 2.05) is 4.90 Å². The Kier molecular flexibility index (Phi) is 4.48. The summed E-state index contributed by atoms with van der Waals surface area (Å²) in [5.74, 6) is -1.14. The molecule has 0 aromatic heterocycles. The van der Waals surface area contributed by atoms with Gasteiger partial charge in [0.1, 0.15) is 0 Å². The molecule has 0 spiro atoms. The lowest BCUT2D eigenvalue weighted by molar-refractivity contribution is -0.150. The Balaban J connectivity index is 2.10. The molecule has 2 rings (SSSR count). The molecule has 4 nitrogen and oxygen atoms in total. The quantitative estimate of drug-likeness (QED) is 0.836. The minimum Gasteiger partial charge on any atom is -0.481 e. The van der Waals surface area contributed by atoms with Crippen molar-refractivity contribution in [3.05, 3.63) is 0 Å². The van der Waals surface area contributed by atoms with Gasteiger partial charge < -0.3 is 10.0 Å². The van der Waals surface area contributed by atoms with Gasteiger partial charge in [-0.3, -0.25) is 9.59 Å². The van der Waals surface area contributed by atoms with Gasteiger partial charge in [-0.15, -0.1) is 0 Å². The minimum atomic E-state index is -0.801. The standard InChI is InChI=1S/C15H25NO3/c1-10-8-12(13(9-10)15(18)19)14(17)16-7-5-3-4-6-11(16)2/h10-13H,3-9H2,1-2H3,(H,18,19)/t10?,11?,12-,13+/m0/s1. The Labute approximate surface area is 115 Å². The second-order valence-corrected chi connectivity index (χ2v) is 6.36. The van der Waals surface area contributed by atoms with Crippen molar-refractivity contribution in [2.75, 3.05) is 6.54 Å². The van der Waals surface area contributed by atoms with Gasteiger partial charge in [0.15, 0.2) is 0 Å². The van der Waals surface area contributed by atoms with Gasteiger partial charge in [0.25, 0.3) is 0 Å². The van der Waals surface area contributed by atoms with Gasteiger partial charge >= 0.3 is 5.97 Å². The van der Waals surface area contributed by atoms with Crippen molar-refractivity contribution in [2.45, 2.75) is 58.4 Å². The topological polar surface area (TPSA) is 57.6 Å². The van der Waals surface area contributed by atoms with Crippen molar-refractivity contribution < 1.29 is 14.7 Å². The number of hydrogen-bond donors (Lipinski definition) is 1. The number of aliphatic carboxylic acids is 1. The predicted molar refractivity (Wildman–Crippen MR) is 72.7 cm³/mol. The summed E-state index contributed by atoms with van der Waals surface area (Å²) >= 11 is 0. The van der Waals surface area contributed by atoms with E-state index in [9.17, 15) is 14.7 Å². The van der Waals surface area contributed by atoms with Crippen LogP contribution in [-0.2, 0) is 9.59 Å². The Morgan fingerprint density at radius 2 is 1.74 bits per heavy atom. The van der Waals surface area contributed by atoms with Crippen LogP contribution in [0, 0.1) is 17.8 Å². The Bertz CT molecular complexity index is 355. The van der Waals surface area contributed by atoms with Crippen LogP contribution in [0.1, 0.15) is 52.4 Å². The monoisotopic (exact) mass is 267 g/mol. The van der Waals surface area contributed by atoms with E-state index in [4.69, 9.17) is 0 Å². The third-order valence-electron chi connectivity index (χ3n) is 4.77. The van der Waals surface area contributed by atoms with Gasteiger partial charge in [0, 0.05) is 12.6 Å². The minimum absolute atomic E-state index is 0.0890. The maximum Gasteiger partial charge on any atom is 0.307 e. The molecule has 19 heavy (non-hydrogen) atoms. The largest absolute Gasteiger partial charge is 0.481 e. The average Bonchev–Trinajstić information content (AvgIpc) is 2.62. The van der Waals surface area contributed by atoms with E-state index in [2.05, 4.69) is 13.8 Å². The molecule has 108 valence electrons. The van der Waals surface area contributed by atoms with E-state index in [0.29, 0.717) is 12.3 Å². The molecule has 0 radical (unpaired) electrons. The summed E-state index contributed by atoms with van der Waals surface area (Å²) in [6.45, 7) is 4.95. The molecule has 1 aliphatic heterocycles. The molecule has 2 fully saturated rings. The number of carboxylic acid groups (broad SMARTS) is 1. The van der Waals surface area contributed by atoms with Gasteiger partial charge in [0.05, 0.1) is 11.8 Å². The summed E-state index contributed by atoms with van der Waals surface area (Å²) in [5, 5.41) is 9.30. The van der Waals surface area contributed by atoms with Crippen LogP contribution in [0.25, 0.3) is 0 Å². The van der Waals surface area contributed by atoms with Crippen LogP contribution in [0.2, 0.25) is 0 Å². The first-order valence-electron chi connectivity index (χ1n) is 7.54. The lowest BCUT2D eigenvalue weighted by Gasteiger charge is -2.31. The van der Waals surface area contributed by atoms with E-state index in [1.54, 1.807) is 0 Å². The molecule has 1 amide bonds. The molecular formula is C15H25NO3. The average molecular weight is 267 g/mol. The number of carboxylic acids is 1. The van der Waals surface area contributed by atoms with Crippen LogP contribution in [0.15, 0.2) is 0 Å². The third kappa shape index (κ3) is 3.10. The van der Waals surface area contributed by atoms with Crippen molar-refractivity contribution >= 4 is 11.9 Å². The van der Waals surface area contributed by atoms with Crippen LogP contribution in [0.5, 0.6) is 0 Å². The van der Waals surface area contributed by atoms with Gasteiger partial charge in [-0.2, -0.15) is 0 Å². The van der Waals surface area contributed by atoms with E-state index in [0.717, 1.165) is 25.8 Å². The first-order chi connectivity index (χ1) is 9.00. The molecule has 2 aliphatic rings. The molecule has 4 atom stereocenters. The zero-order valence-corrected chi connectivity index (χ0v) is 12.0. The molecule has 1 heterocycles. The van der Waals surface area contributed by atoms with Gasteiger partial charge in [-0.1, -0.05) is 19.8 Å². The molecule has 0 aromatic carbocycles. The zero-order valence-electron chi connectivity index (χ0n) is 12.0. The van der Waals surface area contributed by atoms with Gasteiger partial charge in [-0.25, -0.2) is 0 Å². The maximum absolute atomic E-state index is 12.7. The fraction of sp³-hybridized carbons (Fsp3) is 0.867.